The summed E-state index contributed by atoms with van der Waals surface area (Å²) >= 11 is 0. The average Bonchev–Trinajstić information content (AvgIpc) is 3.06. The topological polar surface area (TPSA) is 147 Å². The van der Waals surface area contributed by atoms with Crippen LogP contribution in [0, 0.1) is 13.8 Å². The fourth-order valence-electron chi connectivity index (χ4n) is 2.38. The maximum absolute atomic E-state index is 12.3. The Bertz CT molecular complexity index is 1260. The molecule has 2 amide bonds. The Labute approximate surface area is 173 Å². The van der Waals surface area contributed by atoms with E-state index in [0.717, 1.165) is 5.56 Å². The van der Waals surface area contributed by atoms with E-state index in [9.17, 15) is 21.6 Å². The number of carbonyl (C=O) groups excluding carboxylic acids is 1. The summed E-state index contributed by atoms with van der Waals surface area (Å²) in [5.74, 6) is 0.481. The number of benzene rings is 2. The van der Waals surface area contributed by atoms with Crippen molar-refractivity contribution in [3.05, 3.63) is 65.9 Å². The molecule has 1 heterocycles. The van der Waals surface area contributed by atoms with Crippen LogP contribution in [0.2, 0.25) is 0 Å². The van der Waals surface area contributed by atoms with E-state index < -0.39 is 26.1 Å². The van der Waals surface area contributed by atoms with Gasteiger partial charge in [-0.1, -0.05) is 22.9 Å². The molecule has 30 heavy (non-hydrogen) atoms. The minimum Gasteiger partial charge on any atom is -0.360 e. The summed E-state index contributed by atoms with van der Waals surface area (Å²) in [7, 11) is -7.95. The largest absolute Gasteiger partial charge is 0.360 e. The molecular formula is C18H18N4O6S2. The number of nitrogens with zero attached hydrogens (tertiary/aromatic N) is 1. The summed E-state index contributed by atoms with van der Waals surface area (Å²) in [5, 5.41) is 5.90. The molecule has 0 spiro atoms. The SMILES string of the molecule is Cc1ccc(S(=O)(=O)NC(=O)Nc2ccc(S(=O)(=O)Nc3cc(C)on3)cc2)cc1. The van der Waals surface area contributed by atoms with E-state index in [1.165, 1.54) is 42.5 Å². The number of hydrogen-bond acceptors (Lipinski definition) is 7. The lowest BCUT2D eigenvalue weighted by molar-refractivity contribution is 0.256. The summed E-state index contributed by atoms with van der Waals surface area (Å²) < 4.78 is 58.1. The van der Waals surface area contributed by atoms with Crippen molar-refractivity contribution in [2.75, 3.05) is 10.0 Å². The van der Waals surface area contributed by atoms with Crippen molar-refractivity contribution >= 4 is 37.6 Å². The first-order chi connectivity index (χ1) is 14.0. The Hall–Kier alpha value is -3.38. The predicted octanol–water partition coefficient (Wildman–Crippen LogP) is 2.60. The van der Waals surface area contributed by atoms with Crippen molar-refractivity contribution in [1.82, 2.24) is 9.88 Å². The number of anilines is 2. The van der Waals surface area contributed by atoms with Gasteiger partial charge in [-0.25, -0.2) is 26.4 Å². The van der Waals surface area contributed by atoms with E-state index >= 15 is 0 Å². The Morgan fingerprint density at radius 2 is 1.43 bits per heavy atom. The molecule has 0 unspecified atom stereocenters. The third-order valence-corrected chi connectivity index (χ3v) is 6.57. The molecule has 0 atom stereocenters. The Morgan fingerprint density at radius 1 is 0.867 bits per heavy atom. The Morgan fingerprint density at radius 3 is 2.00 bits per heavy atom. The fourth-order valence-corrected chi connectivity index (χ4v) is 4.27. The molecule has 0 fully saturated rings. The molecule has 0 aliphatic carbocycles. The average molecular weight is 450 g/mol. The van der Waals surface area contributed by atoms with Gasteiger partial charge in [-0.2, -0.15) is 0 Å². The van der Waals surface area contributed by atoms with Gasteiger partial charge in [0, 0.05) is 11.8 Å². The molecule has 10 nitrogen and oxygen atoms in total. The van der Waals surface area contributed by atoms with Crippen molar-refractivity contribution in [1.29, 1.82) is 0 Å². The number of sulfonamides is 2. The summed E-state index contributed by atoms with van der Waals surface area (Å²) in [4.78, 5) is 11.9. The van der Waals surface area contributed by atoms with Crippen molar-refractivity contribution in [2.24, 2.45) is 0 Å². The molecule has 1 aromatic heterocycles. The molecular weight excluding hydrogens is 432 g/mol. The van der Waals surface area contributed by atoms with Crippen LogP contribution in [0.1, 0.15) is 11.3 Å². The van der Waals surface area contributed by atoms with Crippen molar-refractivity contribution in [3.63, 3.8) is 0 Å². The number of carbonyl (C=O) groups is 1. The van der Waals surface area contributed by atoms with Crippen LogP contribution in [0.3, 0.4) is 0 Å². The van der Waals surface area contributed by atoms with E-state index in [1.54, 1.807) is 19.1 Å². The lowest BCUT2D eigenvalue weighted by atomic mass is 10.2. The molecule has 0 saturated carbocycles. The minimum atomic E-state index is -4.04. The van der Waals surface area contributed by atoms with Crippen LogP contribution in [0.5, 0.6) is 0 Å². The highest BCUT2D eigenvalue weighted by atomic mass is 32.2. The number of amides is 2. The zero-order chi connectivity index (χ0) is 21.9. The lowest BCUT2D eigenvalue weighted by Crippen LogP contribution is -2.34. The van der Waals surface area contributed by atoms with E-state index in [-0.39, 0.29) is 21.3 Å². The predicted molar refractivity (Wildman–Crippen MR) is 109 cm³/mol. The molecule has 158 valence electrons. The van der Waals surface area contributed by atoms with E-state index in [2.05, 4.69) is 15.2 Å². The van der Waals surface area contributed by atoms with E-state index in [0.29, 0.717) is 5.76 Å². The Kier molecular flexibility index (Phi) is 5.80. The van der Waals surface area contributed by atoms with Gasteiger partial charge in [0.25, 0.3) is 20.0 Å². The zero-order valence-corrected chi connectivity index (χ0v) is 17.5. The van der Waals surface area contributed by atoms with Gasteiger partial charge >= 0.3 is 6.03 Å². The monoisotopic (exact) mass is 450 g/mol. The zero-order valence-electron chi connectivity index (χ0n) is 15.9. The third kappa shape index (κ3) is 5.15. The summed E-state index contributed by atoms with van der Waals surface area (Å²) in [6, 6.07) is 11.6. The molecule has 2 aromatic carbocycles. The molecule has 12 heteroatoms. The number of hydrogen-bond donors (Lipinski definition) is 3. The number of rotatable bonds is 6. The number of aromatic nitrogens is 1. The van der Waals surface area contributed by atoms with Crippen LogP contribution in [0.25, 0.3) is 0 Å². The molecule has 3 rings (SSSR count). The second-order valence-corrected chi connectivity index (χ2v) is 9.69. The Balaban J connectivity index is 1.66. The van der Waals surface area contributed by atoms with Gasteiger partial charge in [-0.3, -0.25) is 4.72 Å². The van der Waals surface area contributed by atoms with Gasteiger partial charge in [-0.15, -0.1) is 0 Å². The highest BCUT2D eigenvalue weighted by molar-refractivity contribution is 7.92. The summed E-state index contributed by atoms with van der Waals surface area (Å²) in [6.45, 7) is 3.43. The highest BCUT2D eigenvalue weighted by Crippen LogP contribution is 2.18. The smallest absolute Gasteiger partial charge is 0.333 e. The molecule has 0 aliphatic rings. The number of aryl methyl sites for hydroxylation is 2. The fraction of sp³-hybridized carbons (Fsp3) is 0.111. The van der Waals surface area contributed by atoms with Gasteiger partial charge < -0.3 is 9.84 Å². The van der Waals surface area contributed by atoms with Crippen molar-refractivity contribution < 1.29 is 26.2 Å². The molecule has 0 aliphatic heterocycles. The van der Waals surface area contributed by atoms with Gasteiger partial charge in [0.15, 0.2) is 5.82 Å². The van der Waals surface area contributed by atoms with E-state index in [4.69, 9.17) is 4.52 Å². The standard InChI is InChI=1S/C18H18N4O6S2/c1-12-3-7-15(8-4-12)30(26,27)22-18(23)19-14-5-9-16(10-6-14)29(24,25)21-17-11-13(2)28-20-17/h3-11H,1-2H3,(H,20,21)(H2,19,22,23). The van der Waals surface area contributed by atoms with Gasteiger partial charge in [0.2, 0.25) is 0 Å². The first-order valence-electron chi connectivity index (χ1n) is 8.52. The van der Waals surface area contributed by atoms with Crippen LogP contribution < -0.4 is 14.8 Å². The van der Waals surface area contributed by atoms with Gasteiger partial charge in [-0.05, 0) is 50.2 Å². The number of urea groups is 1. The summed E-state index contributed by atoms with van der Waals surface area (Å²) in [6.07, 6.45) is 0. The molecule has 3 aromatic rings. The maximum Gasteiger partial charge on any atom is 0.333 e. The van der Waals surface area contributed by atoms with Crippen molar-refractivity contribution in [3.8, 4) is 0 Å². The van der Waals surface area contributed by atoms with Crippen LogP contribution in [-0.2, 0) is 20.0 Å². The highest BCUT2D eigenvalue weighted by Gasteiger charge is 2.19. The number of nitrogens with one attached hydrogen (secondary N) is 3. The summed E-state index contributed by atoms with van der Waals surface area (Å²) in [5.41, 5.74) is 1.07. The first kappa shape index (κ1) is 21.3. The van der Waals surface area contributed by atoms with Gasteiger partial charge in [0.1, 0.15) is 5.76 Å². The van der Waals surface area contributed by atoms with Crippen LogP contribution in [0.4, 0.5) is 16.3 Å². The second-order valence-electron chi connectivity index (χ2n) is 6.33. The van der Waals surface area contributed by atoms with Crippen LogP contribution >= 0.6 is 0 Å². The molecule has 0 bridgehead atoms. The van der Waals surface area contributed by atoms with Crippen LogP contribution in [0.15, 0.2) is 68.9 Å². The third-order valence-electron chi connectivity index (χ3n) is 3.85. The van der Waals surface area contributed by atoms with Gasteiger partial charge in [0.05, 0.1) is 9.79 Å². The molecule has 3 N–H and O–H groups in total. The van der Waals surface area contributed by atoms with Crippen LogP contribution in [-0.4, -0.2) is 28.0 Å². The molecule has 0 radical (unpaired) electrons. The van der Waals surface area contributed by atoms with Crippen molar-refractivity contribution in [2.45, 2.75) is 23.6 Å². The molecule has 0 saturated heterocycles. The first-order valence-corrected chi connectivity index (χ1v) is 11.5. The minimum absolute atomic E-state index is 0.0374. The maximum atomic E-state index is 12.3. The lowest BCUT2D eigenvalue weighted by Gasteiger charge is -2.10. The second kappa shape index (κ2) is 8.16. The quantitative estimate of drug-likeness (QED) is 0.523. The van der Waals surface area contributed by atoms with E-state index in [1.807, 2.05) is 11.6 Å². The normalized spacial score (nSPS) is 11.7.